The zero-order valence-electron chi connectivity index (χ0n) is 15.8. The summed E-state index contributed by atoms with van der Waals surface area (Å²) in [5.74, 6) is -1.66. The molecule has 0 spiro atoms. The van der Waals surface area contributed by atoms with Gasteiger partial charge in [0.2, 0.25) is 10.0 Å². The number of nitrogens with zero attached hydrogens (tertiary/aromatic N) is 1. The molecule has 1 atom stereocenters. The first-order chi connectivity index (χ1) is 12.7. The van der Waals surface area contributed by atoms with E-state index in [0.29, 0.717) is 19.6 Å². The second kappa shape index (κ2) is 10.0. The molecule has 0 aliphatic carbocycles. The maximum atomic E-state index is 12.5. The first-order valence-corrected chi connectivity index (χ1v) is 10.0. The van der Waals surface area contributed by atoms with E-state index >= 15 is 0 Å². The number of nitrogens with one attached hydrogen (secondary N) is 2. The lowest BCUT2D eigenvalue weighted by Crippen LogP contribution is -2.44. The second-order valence-corrected chi connectivity index (χ2v) is 7.45. The van der Waals surface area contributed by atoms with Crippen LogP contribution in [0.25, 0.3) is 0 Å². The van der Waals surface area contributed by atoms with Crippen LogP contribution < -0.4 is 10.6 Å². The van der Waals surface area contributed by atoms with E-state index in [4.69, 9.17) is 4.74 Å². The average molecular weight is 399 g/mol. The van der Waals surface area contributed by atoms with E-state index in [-0.39, 0.29) is 10.5 Å². The van der Waals surface area contributed by atoms with Gasteiger partial charge in [-0.1, -0.05) is 19.9 Å². The summed E-state index contributed by atoms with van der Waals surface area (Å²) in [4.78, 5) is 35.4. The minimum atomic E-state index is -3.73. The number of ether oxygens (including phenoxy) is 1. The van der Waals surface area contributed by atoms with Crippen molar-refractivity contribution >= 4 is 27.9 Å². The third-order valence-electron chi connectivity index (χ3n) is 3.64. The number of sulfonamides is 1. The molecule has 150 valence electrons. The Labute approximate surface area is 159 Å². The van der Waals surface area contributed by atoms with Gasteiger partial charge in [-0.15, -0.1) is 0 Å². The Morgan fingerprint density at radius 1 is 1.15 bits per heavy atom. The van der Waals surface area contributed by atoms with Gasteiger partial charge in [0.1, 0.15) is 0 Å². The molecule has 9 nitrogen and oxygen atoms in total. The zero-order valence-corrected chi connectivity index (χ0v) is 16.6. The highest BCUT2D eigenvalue weighted by atomic mass is 32.2. The van der Waals surface area contributed by atoms with Crippen LogP contribution >= 0.6 is 0 Å². The Morgan fingerprint density at radius 2 is 1.78 bits per heavy atom. The molecule has 0 fully saturated rings. The third-order valence-corrected chi connectivity index (χ3v) is 5.69. The quantitative estimate of drug-likeness (QED) is 0.632. The summed E-state index contributed by atoms with van der Waals surface area (Å²) < 4.78 is 31.4. The van der Waals surface area contributed by atoms with Gasteiger partial charge >= 0.3 is 12.0 Å². The Kier molecular flexibility index (Phi) is 8.38. The molecule has 0 heterocycles. The predicted octanol–water partition coefficient (Wildman–Crippen LogP) is 1.11. The van der Waals surface area contributed by atoms with Gasteiger partial charge in [0.15, 0.2) is 6.10 Å². The first-order valence-electron chi connectivity index (χ1n) is 8.57. The van der Waals surface area contributed by atoms with Crippen LogP contribution in [-0.2, 0) is 19.6 Å². The van der Waals surface area contributed by atoms with E-state index in [1.54, 1.807) is 20.8 Å². The SMILES string of the molecule is CCNC(=O)NC(=O)[C@@H](C)OC(=O)c1cccc(S(=O)(=O)N(CC)CC)c1. The molecule has 10 heteroatoms. The van der Waals surface area contributed by atoms with Gasteiger partial charge in [-0.3, -0.25) is 10.1 Å². The molecule has 0 saturated carbocycles. The molecule has 0 aliphatic heterocycles. The maximum Gasteiger partial charge on any atom is 0.338 e. The molecule has 0 aliphatic rings. The van der Waals surface area contributed by atoms with Crippen LogP contribution in [0.2, 0.25) is 0 Å². The number of hydrogen-bond donors (Lipinski definition) is 2. The lowest BCUT2D eigenvalue weighted by Gasteiger charge is -2.19. The van der Waals surface area contributed by atoms with E-state index in [0.717, 1.165) is 0 Å². The van der Waals surface area contributed by atoms with Crippen molar-refractivity contribution in [1.29, 1.82) is 0 Å². The molecule has 1 aromatic rings. The van der Waals surface area contributed by atoms with Gasteiger partial charge in [0.25, 0.3) is 5.91 Å². The highest BCUT2D eigenvalue weighted by Gasteiger charge is 2.24. The van der Waals surface area contributed by atoms with Crippen LogP contribution in [0.5, 0.6) is 0 Å². The van der Waals surface area contributed by atoms with Crippen LogP contribution in [0.4, 0.5) is 4.79 Å². The maximum absolute atomic E-state index is 12.5. The van der Waals surface area contributed by atoms with Crippen LogP contribution in [0.3, 0.4) is 0 Å². The van der Waals surface area contributed by atoms with Gasteiger partial charge in [0, 0.05) is 19.6 Å². The Balaban J connectivity index is 2.91. The fourth-order valence-corrected chi connectivity index (χ4v) is 3.70. The Bertz CT molecular complexity index is 790. The lowest BCUT2D eigenvalue weighted by molar-refractivity contribution is -0.127. The van der Waals surface area contributed by atoms with Crippen LogP contribution in [-0.4, -0.2) is 56.4 Å². The number of hydrogen-bond acceptors (Lipinski definition) is 6. The number of imide groups is 1. The predicted molar refractivity (Wildman–Crippen MR) is 98.6 cm³/mol. The summed E-state index contributed by atoms with van der Waals surface area (Å²) in [5.41, 5.74) is -0.0131. The van der Waals surface area contributed by atoms with Gasteiger partial charge in [-0.2, -0.15) is 4.31 Å². The van der Waals surface area contributed by atoms with Crippen molar-refractivity contribution < 1.29 is 27.5 Å². The highest BCUT2D eigenvalue weighted by molar-refractivity contribution is 7.89. The van der Waals surface area contributed by atoms with Crippen molar-refractivity contribution in [3.63, 3.8) is 0 Å². The molecule has 1 aromatic carbocycles. The Hall–Kier alpha value is -2.46. The standard InChI is InChI=1S/C17H25N3O6S/c1-5-18-17(23)19-15(21)12(4)26-16(22)13-9-8-10-14(11-13)27(24,25)20(6-2)7-3/h8-12H,5-7H2,1-4H3,(H2,18,19,21,23)/t12-/m1/s1. The first kappa shape index (κ1) is 22.6. The minimum Gasteiger partial charge on any atom is -0.449 e. The molecule has 0 radical (unpaired) electrons. The van der Waals surface area contributed by atoms with Crippen LogP contribution in [0, 0.1) is 0 Å². The lowest BCUT2D eigenvalue weighted by atomic mass is 10.2. The fraction of sp³-hybridized carbons (Fsp3) is 0.471. The fourth-order valence-electron chi connectivity index (χ4n) is 2.20. The molecule has 1 rings (SSSR count). The average Bonchev–Trinajstić information content (AvgIpc) is 2.62. The number of carbonyl (C=O) groups is 3. The normalized spacial score (nSPS) is 12.3. The molecule has 0 unspecified atom stereocenters. The smallest absolute Gasteiger partial charge is 0.338 e. The van der Waals surface area contributed by atoms with Crippen molar-refractivity contribution in [3.05, 3.63) is 29.8 Å². The van der Waals surface area contributed by atoms with Gasteiger partial charge < -0.3 is 10.1 Å². The van der Waals surface area contributed by atoms with Crippen molar-refractivity contribution in [2.45, 2.75) is 38.7 Å². The van der Waals surface area contributed by atoms with Crippen molar-refractivity contribution in [3.8, 4) is 0 Å². The number of urea groups is 1. The van der Waals surface area contributed by atoms with E-state index in [2.05, 4.69) is 5.32 Å². The number of esters is 1. The van der Waals surface area contributed by atoms with Crippen LogP contribution in [0.15, 0.2) is 29.2 Å². The van der Waals surface area contributed by atoms with E-state index in [9.17, 15) is 22.8 Å². The summed E-state index contributed by atoms with van der Waals surface area (Å²) in [6, 6.07) is 4.70. The molecule has 0 bridgehead atoms. The van der Waals surface area contributed by atoms with E-state index in [1.165, 1.54) is 35.5 Å². The molecule has 0 saturated heterocycles. The molecular formula is C17H25N3O6S. The van der Waals surface area contributed by atoms with Crippen molar-refractivity contribution in [2.24, 2.45) is 0 Å². The highest BCUT2D eigenvalue weighted by Crippen LogP contribution is 2.17. The van der Waals surface area contributed by atoms with Gasteiger partial charge in [0.05, 0.1) is 10.5 Å². The summed E-state index contributed by atoms with van der Waals surface area (Å²) in [7, 11) is -3.73. The molecular weight excluding hydrogens is 374 g/mol. The monoisotopic (exact) mass is 399 g/mol. The molecule has 3 amide bonds. The zero-order chi connectivity index (χ0) is 20.6. The molecule has 2 N–H and O–H groups in total. The number of rotatable bonds is 8. The van der Waals surface area contributed by atoms with Crippen molar-refractivity contribution in [2.75, 3.05) is 19.6 Å². The molecule has 0 aromatic heterocycles. The third kappa shape index (κ3) is 6.04. The second-order valence-electron chi connectivity index (χ2n) is 5.51. The summed E-state index contributed by atoms with van der Waals surface area (Å²) in [6.45, 7) is 7.36. The number of amides is 3. The summed E-state index contributed by atoms with van der Waals surface area (Å²) in [5, 5.41) is 4.41. The summed E-state index contributed by atoms with van der Waals surface area (Å²) in [6.07, 6.45) is -1.23. The number of benzene rings is 1. The van der Waals surface area contributed by atoms with Crippen molar-refractivity contribution in [1.82, 2.24) is 14.9 Å². The largest absolute Gasteiger partial charge is 0.449 e. The van der Waals surface area contributed by atoms with E-state index < -0.39 is 34.0 Å². The Morgan fingerprint density at radius 3 is 2.33 bits per heavy atom. The van der Waals surface area contributed by atoms with Gasteiger partial charge in [-0.05, 0) is 32.0 Å². The van der Waals surface area contributed by atoms with Gasteiger partial charge in [-0.25, -0.2) is 18.0 Å². The van der Waals surface area contributed by atoms with Crippen LogP contribution in [0.1, 0.15) is 38.1 Å². The summed E-state index contributed by atoms with van der Waals surface area (Å²) >= 11 is 0. The minimum absolute atomic E-state index is 0.0131. The molecule has 27 heavy (non-hydrogen) atoms. The number of carbonyl (C=O) groups excluding carboxylic acids is 3. The van der Waals surface area contributed by atoms with E-state index in [1.807, 2.05) is 5.32 Å². The topological polar surface area (TPSA) is 122 Å².